The van der Waals surface area contributed by atoms with Crippen LogP contribution < -0.4 is 10.1 Å². The van der Waals surface area contributed by atoms with Gasteiger partial charge in [0.2, 0.25) is 0 Å². The van der Waals surface area contributed by atoms with E-state index in [4.69, 9.17) is 33.0 Å². The van der Waals surface area contributed by atoms with Crippen LogP contribution in [0.3, 0.4) is 0 Å². The number of ketones is 1. The van der Waals surface area contributed by atoms with E-state index >= 15 is 0 Å². The molecule has 1 aromatic heterocycles. The van der Waals surface area contributed by atoms with Gasteiger partial charge in [0.1, 0.15) is 12.4 Å². The fourth-order valence-electron chi connectivity index (χ4n) is 4.93. The number of carbonyl (C=O) groups is 1. The van der Waals surface area contributed by atoms with E-state index in [0.29, 0.717) is 38.8 Å². The summed E-state index contributed by atoms with van der Waals surface area (Å²) in [4.78, 5) is 21.2. The Kier molecular flexibility index (Phi) is 10.2. The van der Waals surface area contributed by atoms with Gasteiger partial charge < -0.3 is 15.2 Å². The first kappa shape index (κ1) is 32.2. The predicted molar refractivity (Wildman–Crippen MR) is 169 cm³/mol. The first-order chi connectivity index (χ1) is 21.6. The summed E-state index contributed by atoms with van der Waals surface area (Å²) in [7, 11) is 0. The molecule has 0 radical (unpaired) electrons. The minimum atomic E-state index is -4.48. The second kappa shape index (κ2) is 14.3. The van der Waals surface area contributed by atoms with Crippen LogP contribution in [0.1, 0.15) is 46.6 Å². The van der Waals surface area contributed by atoms with Crippen molar-refractivity contribution >= 4 is 45.7 Å². The van der Waals surface area contributed by atoms with Crippen LogP contribution in [-0.4, -0.2) is 34.1 Å². The Morgan fingerprint density at radius 3 is 2.13 bits per heavy atom. The molecule has 0 saturated carbocycles. The van der Waals surface area contributed by atoms with Gasteiger partial charge in [0.05, 0.1) is 11.1 Å². The van der Waals surface area contributed by atoms with E-state index in [9.17, 15) is 18.0 Å². The maximum absolute atomic E-state index is 13.4. The van der Waals surface area contributed by atoms with Crippen molar-refractivity contribution in [1.82, 2.24) is 9.97 Å². The van der Waals surface area contributed by atoms with E-state index in [-0.39, 0.29) is 43.9 Å². The molecule has 0 unspecified atom stereocenters. The van der Waals surface area contributed by atoms with Crippen LogP contribution in [0.5, 0.6) is 6.01 Å². The average Bonchev–Trinajstić information content (AvgIpc) is 3.03. The van der Waals surface area contributed by atoms with Gasteiger partial charge in [-0.05, 0) is 77.2 Å². The van der Waals surface area contributed by atoms with Gasteiger partial charge in [-0.25, -0.2) is 0 Å². The highest BCUT2D eigenvalue weighted by atomic mass is 35.5. The first-order valence-electron chi connectivity index (χ1n) is 14.1. The van der Waals surface area contributed by atoms with Crippen molar-refractivity contribution in [1.29, 1.82) is 0 Å². The lowest BCUT2D eigenvalue weighted by atomic mass is 9.85. The fraction of sp³-hybridized carbons (Fsp3) is 0.206. The first-order valence-corrected chi connectivity index (χ1v) is 14.8. The zero-order valence-electron chi connectivity index (χ0n) is 23.8. The molecule has 0 saturated heterocycles. The SMILES string of the molecule is O=C(CCCO)COc1nc(NCc2cccc(C(F)(F)F)c2)c2cc(C(c3ccc(Cl)cc3)c3ccc(Cl)cc3)ccc2n1. The largest absolute Gasteiger partial charge is 0.455 e. The molecule has 0 aliphatic carbocycles. The number of aliphatic hydroxyl groups excluding tert-OH is 1. The molecular formula is C34H28Cl2F3N3O3. The van der Waals surface area contributed by atoms with Crippen LogP contribution in [0.15, 0.2) is 91.0 Å². The summed E-state index contributed by atoms with van der Waals surface area (Å²) < 4.78 is 45.7. The maximum atomic E-state index is 13.4. The molecule has 4 aromatic carbocycles. The van der Waals surface area contributed by atoms with Crippen LogP contribution >= 0.6 is 23.2 Å². The van der Waals surface area contributed by atoms with Crippen LogP contribution in [0, 0.1) is 0 Å². The molecule has 0 spiro atoms. The molecule has 2 N–H and O–H groups in total. The number of aromatic nitrogens is 2. The molecule has 5 rings (SSSR count). The Hall–Kier alpha value is -4.18. The summed E-state index contributed by atoms with van der Waals surface area (Å²) in [5, 5.41) is 14.0. The van der Waals surface area contributed by atoms with Crippen molar-refractivity contribution in [2.45, 2.75) is 31.5 Å². The van der Waals surface area contributed by atoms with Gasteiger partial charge in [0.15, 0.2) is 5.78 Å². The Bertz CT molecular complexity index is 1740. The van der Waals surface area contributed by atoms with Crippen molar-refractivity contribution < 1.29 is 27.8 Å². The number of fused-ring (bicyclic) bond motifs is 1. The number of alkyl halides is 3. The molecule has 0 amide bonds. The molecule has 0 aliphatic heterocycles. The lowest BCUT2D eigenvalue weighted by molar-refractivity contribution is -0.137. The third kappa shape index (κ3) is 8.30. The molecule has 5 aromatic rings. The summed E-state index contributed by atoms with van der Waals surface area (Å²) >= 11 is 12.4. The summed E-state index contributed by atoms with van der Waals surface area (Å²) in [6.07, 6.45) is -4.02. The Morgan fingerprint density at radius 2 is 1.51 bits per heavy atom. The molecule has 0 fully saturated rings. The highest BCUT2D eigenvalue weighted by Gasteiger charge is 2.30. The Morgan fingerprint density at radius 1 is 0.867 bits per heavy atom. The zero-order valence-corrected chi connectivity index (χ0v) is 25.3. The average molecular weight is 655 g/mol. The molecule has 0 atom stereocenters. The van der Waals surface area contributed by atoms with E-state index in [2.05, 4.69) is 15.3 Å². The molecule has 0 bridgehead atoms. The number of nitrogens with one attached hydrogen (secondary N) is 1. The second-order valence-corrected chi connectivity index (χ2v) is 11.2. The van der Waals surface area contributed by atoms with Gasteiger partial charge in [-0.3, -0.25) is 4.79 Å². The van der Waals surface area contributed by atoms with Crippen LogP contribution in [0.2, 0.25) is 10.0 Å². The monoisotopic (exact) mass is 653 g/mol. The van der Waals surface area contributed by atoms with Gasteiger partial charge in [0.25, 0.3) is 0 Å². The number of carbonyl (C=O) groups excluding carboxylic acids is 1. The number of aliphatic hydroxyl groups is 1. The predicted octanol–water partition coefficient (Wildman–Crippen LogP) is 8.47. The van der Waals surface area contributed by atoms with Gasteiger partial charge in [-0.2, -0.15) is 23.1 Å². The summed E-state index contributed by atoms with van der Waals surface area (Å²) in [5.41, 5.74) is 2.99. The van der Waals surface area contributed by atoms with Gasteiger partial charge in [-0.15, -0.1) is 0 Å². The lowest BCUT2D eigenvalue weighted by Gasteiger charge is -2.20. The smallest absolute Gasteiger partial charge is 0.416 e. The standard InChI is InChI=1S/C34H28Cl2F3N3O3/c35-26-11-6-22(7-12-26)31(23-8-13-27(36)14-9-23)24-10-15-30-29(18-24)32(42-33(41-30)45-20-28(44)5-2-16-43)40-19-21-3-1-4-25(17-21)34(37,38)39/h1,3-4,6-15,17-18,31,43H,2,5,16,19-20H2,(H,40,41,42). The molecular weight excluding hydrogens is 626 g/mol. The highest BCUT2D eigenvalue weighted by molar-refractivity contribution is 6.30. The van der Waals surface area contributed by atoms with Crippen molar-refractivity contribution in [2.75, 3.05) is 18.5 Å². The van der Waals surface area contributed by atoms with Crippen molar-refractivity contribution in [3.63, 3.8) is 0 Å². The number of nitrogens with zero attached hydrogens (tertiary/aromatic N) is 2. The number of hydrogen-bond acceptors (Lipinski definition) is 6. The quantitative estimate of drug-likeness (QED) is 0.131. The van der Waals surface area contributed by atoms with Gasteiger partial charge in [-0.1, -0.05) is 65.7 Å². The van der Waals surface area contributed by atoms with E-state index in [1.807, 2.05) is 60.7 Å². The number of anilines is 1. The minimum absolute atomic E-state index is 0.0347. The summed E-state index contributed by atoms with van der Waals surface area (Å²) in [6.45, 7) is -0.365. The van der Waals surface area contributed by atoms with E-state index in [0.717, 1.165) is 28.8 Å². The maximum Gasteiger partial charge on any atom is 0.416 e. The van der Waals surface area contributed by atoms with E-state index < -0.39 is 11.7 Å². The van der Waals surface area contributed by atoms with Crippen molar-refractivity contribution in [2.24, 2.45) is 0 Å². The van der Waals surface area contributed by atoms with Crippen molar-refractivity contribution in [3.8, 4) is 6.01 Å². The number of halogens is 5. The number of Topliss-reactive ketones (excluding diaryl/α,β-unsaturated/α-hetero) is 1. The number of rotatable bonds is 12. The second-order valence-electron chi connectivity index (χ2n) is 10.4. The molecule has 6 nitrogen and oxygen atoms in total. The molecule has 0 aliphatic rings. The number of benzene rings is 4. The number of ether oxygens (including phenoxy) is 1. The van der Waals surface area contributed by atoms with Gasteiger partial charge in [0, 0.05) is 40.9 Å². The summed E-state index contributed by atoms with van der Waals surface area (Å²) in [6, 6.07) is 25.7. The Labute approximate surface area is 267 Å². The van der Waals surface area contributed by atoms with Crippen molar-refractivity contribution in [3.05, 3.63) is 129 Å². The zero-order chi connectivity index (χ0) is 32.0. The number of hydrogen-bond donors (Lipinski definition) is 2. The normalized spacial score (nSPS) is 11.6. The third-order valence-electron chi connectivity index (χ3n) is 7.13. The molecule has 11 heteroatoms. The highest BCUT2D eigenvalue weighted by Crippen LogP contribution is 2.36. The van der Waals surface area contributed by atoms with Crippen LogP contribution in [0.4, 0.5) is 19.0 Å². The Balaban J connectivity index is 1.55. The van der Waals surface area contributed by atoms with E-state index in [1.165, 1.54) is 6.07 Å². The van der Waals surface area contributed by atoms with E-state index in [1.54, 1.807) is 12.1 Å². The topological polar surface area (TPSA) is 84.3 Å². The van der Waals surface area contributed by atoms with Crippen LogP contribution in [-0.2, 0) is 17.5 Å². The minimum Gasteiger partial charge on any atom is -0.455 e. The van der Waals surface area contributed by atoms with Crippen LogP contribution in [0.25, 0.3) is 10.9 Å². The third-order valence-corrected chi connectivity index (χ3v) is 7.63. The fourth-order valence-corrected chi connectivity index (χ4v) is 5.18. The summed E-state index contributed by atoms with van der Waals surface area (Å²) in [5.74, 6) is -0.126. The molecule has 1 heterocycles. The molecule has 45 heavy (non-hydrogen) atoms. The molecule has 232 valence electrons. The lowest BCUT2D eigenvalue weighted by Crippen LogP contribution is -2.14. The van der Waals surface area contributed by atoms with Gasteiger partial charge >= 0.3 is 12.2 Å².